The van der Waals surface area contributed by atoms with Crippen molar-refractivity contribution in [2.75, 3.05) is 0 Å². The quantitative estimate of drug-likeness (QED) is 0.693. The molecule has 0 fully saturated rings. The van der Waals surface area contributed by atoms with Gasteiger partial charge in [-0.3, -0.25) is 4.98 Å². The SMILES string of the molecule is N#Cc1cccc(-c2ccc(-c3ccc(Cl)cn3)o2)c1. The van der Waals surface area contributed by atoms with E-state index in [-0.39, 0.29) is 0 Å². The van der Waals surface area contributed by atoms with Crippen LogP contribution in [-0.2, 0) is 0 Å². The van der Waals surface area contributed by atoms with Crippen LogP contribution in [0.15, 0.2) is 59.1 Å². The minimum Gasteiger partial charge on any atom is -0.454 e. The van der Waals surface area contributed by atoms with Gasteiger partial charge in [0.05, 0.1) is 16.7 Å². The van der Waals surface area contributed by atoms with Gasteiger partial charge in [-0.2, -0.15) is 5.26 Å². The predicted octanol–water partition coefficient (Wildman–Crippen LogP) is 4.53. The first-order valence-electron chi connectivity index (χ1n) is 5.98. The van der Waals surface area contributed by atoms with E-state index in [1.54, 1.807) is 30.5 Å². The Bertz CT molecular complexity index is 785. The van der Waals surface area contributed by atoms with Crippen LogP contribution in [0.4, 0.5) is 0 Å². The van der Waals surface area contributed by atoms with Crippen LogP contribution in [0, 0.1) is 11.3 Å². The van der Waals surface area contributed by atoms with E-state index in [4.69, 9.17) is 21.3 Å². The first-order valence-corrected chi connectivity index (χ1v) is 6.36. The van der Waals surface area contributed by atoms with E-state index >= 15 is 0 Å². The lowest BCUT2D eigenvalue weighted by atomic mass is 10.1. The second-order valence-corrected chi connectivity index (χ2v) is 4.65. The number of nitrogens with zero attached hydrogens (tertiary/aromatic N) is 2. The molecule has 0 saturated carbocycles. The minimum atomic E-state index is 0.585. The number of halogens is 1. The highest BCUT2D eigenvalue weighted by atomic mass is 35.5. The number of hydrogen-bond donors (Lipinski definition) is 0. The average Bonchev–Trinajstić information content (AvgIpc) is 2.98. The number of aromatic nitrogens is 1. The molecule has 96 valence electrons. The van der Waals surface area contributed by atoms with Crippen molar-refractivity contribution >= 4 is 11.6 Å². The molecule has 20 heavy (non-hydrogen) atoms. The topological polar surface area (TPSA) is 49.8 Å². The zero-order valence-corrected chi connectivity index (χ0v) is 11.1. The van der Waals surface area contributed by atoms with E-state index in [9.17, 15) is 0 Å². The highest BCUT2D eigenvalue weighted by molar-refractivity contribution is 6.30. The van der Waals surface area contributed by atoms with Gasteiger partial charge in [-0.05, 0) is 36.4 Å². The number of hydrogen-bond acceptors (Lipinski definition) is 3. The van der Waals surface area contributed by atoms with Crippen LogP contribution in [0.1, 0.15) is 5.56 Å². The molecule has 0 aliphatic carbocycles. The number of rotatable bonds is 2. The highest BCUT2D eigenvalue weighted by Gasteiger charge is 2.08. The minimum absolute atomic E-state index is 0.585. The van der Waals surface area contributed by atoms with Crippen molar-refractivity contribution in [3.05, 3.63) is 65.3 Å². The average molecular weight is 281 g/mol. The van der Waals surface area contributed by atoms with Gasteiger partial charge in [-0.1, -0.05) is 23.7 Å². The zero-order valence-electron chi connectivity index (χ0n) is 10.4. The Hall–Kier alpha value is -2.57. The largest absolute Gasteiger partial charge is 0.454 e. The van der Waals surface area contributed by atoms with E-state index in [1.807, 2.05) is 24.3 Å². The fourth-order valence-corrected chi connectivity index (χ4v) is 2.01. The Kier molecular flexibility index (Phi) is 3.24. The molecule has 2 aromatic heterocycles. The molecule has 0 bridgehead atoms. The smallest absolute Gasteiger partial charge is 0.153 e. The molecule has 0 saturated heterocycles. The molecule has 0 radical (unpaired) electrons. The maximum absolute atomic E-state index is 8.92. The fourth-order valence-electron chi connectivity index (χ4n) is 1.89. The summed E-state index contributed by atoms with van der Waals surface area (Å²) in [6.07, 6.45) is 1.58. The maximum atomic E-state index is 8.92. The second-order valence-electron chi connectivity index (χ2n) is 4.22. The van der Waals surface area contributed by atoms with Crippen LogP contribution in [-0.4, -0.2) is 4.98 Å². The summed E-state index contributed by atoms with van der Waals surface area (Å²) in [7, 11) is 0. The molecule has 2 heterocycles. The van der Waals surface area contributed by atoms with Crippen molar-refractivity contribution in [1.82, 2.24) is 4.98 Å². The lowest BCUT2D eigenvalue weighted by Gasteiger charge is -1.98. The summed E-state index contributed by atoms with van der Waals surface area (Å²) in [6, 6.07) is 16.7. The van der Waals surface area contributed by atoms with Gasteiger partial charge in [0.2, 0.25) is 0 Å². The first-order chi connectivity index (χ1) is 9.76. The van der Waals surface area contributed by atoms with Crippen LogP contribution in [0.3, 0.4) is 0 Å². The van der Waals surface area contributed by atoms with Crippen LogP contribution in [0.25, 0.3) is 22.8 Å². The third-order valence-electron chi connectivity index (χ3n) is 2.86. The van der Waals surface area contributed by atoms with Gasteiger partial charge < -0.3 is 4.42 Å². The van der Waals surface area contributed by atoms with Crippen LogP contribution in [0.2, 0.25) is 5.02 Å². The lowest BCUT2D eigenvalue weighted by Crippen LogP contribution is -1.79. The number of benzene rings is 1. The summed E-state index contributed by atoms with van der Waals surface area (Å²) in [4.78, 5) is 4.21. The van der Waals surface area contributed by atoms with Gasteiger partial charge in [0.15, 0.2) is 5.76 Å². The van der Waals surface area contributed by atoms with Gasteiger partial charge in [0.25, 0.3) is 0 Å². The zero-order chi connectivity index (χ0) is 13.9. The molecule has 3 rings (SSSR count). The summed E-state index contributed by atoms with van der Waals surface area (Å²) in [5.41, 5.74) is 2.19. The molecular formula is C16H9ClN2O. The summed E-state index contributed by atoms with van der Waals surface area (Å²) in [5.74, 6) is 1.37. The third-order valence-corrected chi connectivity index (χ3v) is 3.09. The van der Waals surface area contributed by atoms with E-state index in [1.165, 1.54) is 0 Å². The number of pyridine rings is 1. The molecule has 4 heteroatoms. The molecule has 0 aliphatic heterocycles. The van der Waals surface area contributed by atoms with Crippen molar-refractivity contribution in [2.24, 2.45) is 0 Å². The Balaban J connectivity index is 1.97. The standard InChI is InChI=1S/C16H9ClN2O/c17-13-4-5-14(19-10-13)16-7-6-15(20-16)12-3-1-2-11(8-12)9-18/h1-8,10H. The molecule has 0 aliphatic rings. The Morgan fingerprint density at radius 1 is 1.05 bits per heavy atom. The summed E-state index contributed by atoms with van der Waals surface area (Å²) < 4.78 is 5.78. The molecule has 1 aromatic carbocycles. The normalized spacial score (nSPS) is 10.2. The lowest BCUT2D eigenvalue weighted by molar-refractivity contribution is 0.595. The van der Waals surface area contributed by atoms with Crippen LogP contribution in [0.5, 0.6) is 0 Å². The van der Waals surface area contributed by atoms with E-state index in [0.717, 1.165) is 11.3 Å². The van der Waals surface area contributed by atoms with Crippen molar-refractivity contribution < 1.29 is 4.42 Å². The third kappa shape index (κ3) is 2.42. The molecule has 0 N–H and O–H groups in total. The summed E-state index contributed by atoms with van der Waals surface area (Å²) in [5, 5.41) is 9.50. The van der Waals surface area contributed by atoms with E-state index in [2.05, 4.69) is 11.1 Å². The Labute approximate surface area is 121 Å². The Morgan fingerprint density at radius 2 is 1.90 bits per heavy atom. The number of furan rings is 1. The molecule has 3 aromatic rings. The van der Waals surface area contributed by atoms with Crippen molar-refractivity contribution in [2.45, 2.75) is 0 Å². The van der Waals surface area contributed by atoms with Crippen LogP contribution >= 0.6 is 11.6 Å². The molecule has 0 spiro atoms. The van der Waals surface area contributed by atoms with E-state index in [0.29, 0.717) is 22.1 Å². The van der Waals surface area contributed by atoms with Gasteiger partial charge in [0.1, 0.15) is 11.5 Å². The van der Waals surface area contributed by atoms with E-state index < -0.39 is 0 Å². The summed E-state index contributed by atoms with van der Waals surface area (Å²) >= 11 is 5.81. The van der Waals surface area contributed by atoms with Gasteiger partial charge >= 0.3 is 0 Å². The summed E-state index contributed by atoms with van der Waals surface area (Å²) in [6.45, 7) is 0. The monoisotopic (exact) mass is 280 g/mol. The predicted molar refractivity (Wildman–Crippen MR) is 77.1 cm³/mol. The number of nitriles is 1. The maximum Gasteiger partial charge on any atom is 0.153 e. The van der Waals surface area contributed by atoms with Crippen LogP contribution < -0.4 is 0 Å². The first kappa shape index (κ1) is 12.5. The molecule has 0 amide bonds. The molecular weight excluding hydrogens is 272 g/mol. The molecule has 3 nitrogen and oxygen atoms in total. The second kappa shape index (κ2) is 5.20. The Morgan fingerprint density at radius 3 is 2.65 bits per heavy atom. The molecule has 0 unspecified atom stereocenters. The van der Waals surface area contributed by atoms with Gasteiger partial charge in [0, 0.05) is 11.8 Å². The fraction of sp³-hybridized carbons (Fsp3) is 0. The van der Waals surface area contributed by atoms with Gasteiger partial charge in [-0.25, -0.2) is 0 Å². The van der Waals surface area contributed by atoms with Crippen molar-refractivity contribution in [3.8, 4) is 28.8 Å². The van der Waals surface area contributed by atoms with Crippen molar-refractivity contribution in [1.29, 1.82) is 5.26 Å². The van der Waals surface area contributed by atoms with Gasteiger partial charge in [-0.15, -0.1) is 0 Å². The molecule has 0 atom stereocenters. The van der Waals surface area contributed by atoms with Crippen molar-refractivity contribution in [3.63, 3.8) is 0 Å². The highest BCUT2D eigenvalue weighted by Crippen LogP contribution is 2.28.